The zero-order chi connectivity index (χ0) is 16.8. The standard InChI is InChI=1S/C16H17ClN4S2/c1-10-7-13(17)4-6-14(10)20-16(23)12-3-5-15(18-8-12)11(2)21-19-9-22/h3-8,19,22H,9H2,1-2H3,(H,20,23). The van der Waals surface area contributed by atoms with Crippen molar-refractivity contribution in [3.05, 3.63) is 58.4 Å². The van der Waals surface area contributed by atoms with Crippen LogP contribution in [0.1, 0.15) is 23.7 Å². The number of benzene rings is 1. The topological polar surface area (TPSA) is 49.3 Å². The molecule has 1 aromatic carbocycles. The van der Waals surface area contributed by atoms with E-state index in [0.717, 1.165) is 28.2 Å². The Morgan fingerprint density at radius 3 is 2.74 bits per heavy atom. The number of hydrogen-bond acceptors (Lipinski definition) is 5. The summed E-state index contributed by atoms with van der Waals surface area (Å²) in [5, 5.41) is 8.06. The van der Waals surface area contributed by atoms with Gasteiger partial charge in [0.15, 0.2) is 0 Å². The quantitative estimate of drug-likeness (QED) is 0.246. The summed E-state index contributed by atoms with van der Waals surface area (Å²) in [5.41, 5.74) is 7.17. The molecule has 23 heavy (non-hydrogen) atoms. The van der Waals surface area contributed by atoms with Gasteiger partial charge >= 0.3 is 0 Å². The van der Waals surface area contributed by atoms with Crippen LogP contribution < -0.4 is 10.7 Å². The number of rotatable bonds is 5. The van der Waals surface area contributed by atoms with Crippen LogP contribution in [0.5, 0.6) is 0 Å². The second kappa shape index (κ2) is 8.29. The highest BCUT2D eigenvalue weighted by atomic mass is 35.5. The first-order valence-electron chi connectivity index (χ1n) is 6.93. The molecule has 4 nitrogen and oxygen atoms in total. The molecule has 0 spiro atoms. The van der Waals surface area contributed by atoms with E-state index < -0.39 is 0 Å². The van der Waals surface area contributed by atoms with Crippen LogP contribution in [0.15, 0.2) is 41.6 Å². The normalized spacial score (nSPS) is 11.2. The number of hydrogen-bond donors (Lipinski definition) is 3. The van der Waals surface area contributed by atoms with Crippen molar-refractivity contribution in [3.63, 3.8) is 0 Å². The fourth-order valence-electron chi connectivity index (χ4n) is 1.92. The molecule has 1 aromatic heterocycles. The zero-order valence-electron chi connectivity index (χ0n) is 12.8. The lowest BCUT2D eigenvalue weighted by Crippen LogP contribution is -2.13. The van der Waals surface area contributed by atoms with Gasteiger partial charge in [0.1, 0.15) is 4.99 Å². The van der Waals surface area contributed by atoms with Crippen LogP contribution in [0.25, 0.3) is 0 Å². The minimum Gasteiger partial charge on any atom is -0.346 e. The first-order chi connectivity index (χ1) is 11.0. The van der Waals surface area contributed by atoms with Crippen LogP contribution >= 0.6 is 36.4 Å². The molecule has 2 N–H and O–H groups in total. The van der Waals surface area contributed by atoms with E-state index in [4.69, 9.17) is 23.8 Å². The summed E-state index contributed by atoms with van der Waals surface area (Å²) in [6, 6.07) is 9.43. The third-order valence-corrected chi connectivity index (χ3v) is 3.86. The second-order valence-corrected chi connectivity index (χ2v) is 6.02. The first kappa shape index (κ1) is 17.7. The van der Waals surface area contributed by atoms with Gasteiger partial charge in [-0.15, -0.1) is 0 Å². The van der Waals surface area contributed by atoms with Gasteiger partial charge in [0.2, 0.25) is 0 Å². The number of thiol groups is 1. The number of aryl methyl sites for hydroxylation is 1. The van der Waals surface area contributed by atoms with Gasteiger partial charge in [-0.3, -0.25) is 4.98 Å². The summed E-state index contributed by atoms with van der Waals surface area (Å²) in [6.07, 6.45) is 1.73. The lowest BCUT2D eigenvalue weighted by Gasteiger charge is -2.11. The van der Waals surface area contributed by atoms with Crippen LogP contribution in [-0.4, -0.2) is 21.6 Å². The van der Waals surface area contributed by atoms with Crippen LogP contribution in [-0.2, 0) is 0 Å². The largest absolute Gasteiger partial charge is 0.346 e. The van der Waals surface area contributed by atoms with E-state index >= 15 is 0 Å². The highest BCUT2D eigenvalue weighted by molar-refractivity contribution is 7.81. The maximum absolute atomic E-state index is 5.96. The van der Waals surface area contributed by atoms with E-state index in [0.29, 0.717) is 15.9 Å². The molecule has 0 unspecified atom stereocenters. The minimum absolute atomic E-state index is 0.476. The van der Waals surface area contributed by atoms with Crippen LogP contribution in [0, 0.1) is 6.92 Å². The smallest absolute Gasteiger partial charge is 0.112 e. The number of pyridine rings is 1. The van der Waals surface area contributed by atoms with Crippen LogP contribution in [0.3, 0.4) is 0 Å². The van der Waals surface area contributed by atoms with Crippen molar-refractivity contribution in [1.82, 2.24) is 10.4 Å². The van der Waals surface area contributed by atoms with Crippen molar-refractivity contribution in [2.75, 3.05) is 11.2 Å². The predicted octanol–water partition coefficient (Wildman–Crippen LogP) is 4.03. The van der Waals surface area contributed by atoms with Gasteiger partial charge in [0.25, 0.3) is 0 Å². The van der Waals surface area contributed by atoms with Crippen molar-refractivity contribution in [2.45, 2.75) is 13.8 Å². The SMILES string of the molecule is CC(=NNCS)c1ccc(C(=S)Nc2ccc(Cl)cc2C)cn1. The molecule has 0 amide bonds. The number of thiocarbonyl (C=S) groups is 1. The Hall–Kier alpha value is -1.63. The summed E-state index contributed by atoms with van der Waals surface area (Å²) in [7, 11) is 0. The predicted molar refractivity (Wildman–Crippen MR) is 105 cm³/mol. The molecule has 0 bridgehead atoms. The van der Waals surface area contributed by atoms with Crippen molar-refractivity contribution in [2.24, 2.45) is 5.10 Å². The number of nitrogens with zero attached hydrogens (tertiary/aromatic N) is 2. The third kappa shape index (κ3) is 4.92. The first-order valence-corrected chi connectivity index (χ1v) is 8.35. The molecule has 7 heteroatoms. The molecule has 0 atom stereocenters. The highest BCUT2D eigenvalue weighted by Gasteiger charge is 2.06. The zero-order valence-corrected chi connectivity index (χ0v) is 15.3. The van der Waals surface area contributed by atoms with Crippen LogP contribution in [0.4, 0.5) is 5.69 Å². The van der Waals surface area contributed by atoms with E-state index in [1.807, 2.05) is 44.2 Å². The molecule has 0 fully saturated rings. The maximum Gasteiger partial charge on any atom is 0.112 e. The molecular formula is C16H17ClN4S2. The number of halogens is 1. The lowest BCUT2D eigenvalue weighted by atomic mass is 10.2. The summed E-state index contributed by atoms with van der Waals surface area (Å²) in [4.78, 5) is 5.00. The Labute approximate surface area is 151 Å². The van der Waals surface area contributed by atoms with Crippen LogP contribution in [0.2, 0.25) is 5.02 Å². The summed E-state index contributed by atoms with van der Waals surface area (Å²) < 4.78 is 0. The van der Waals surface area contributed by atoms with Crippen molar-refractivity contribution < 1.29 is 0 Å². The molecular weight excluding hydrogens is 348 g/mol. The average Bonchev–Trinajstić information content (AvgIpc) is 2.55. The number of nitrogens with one attached hydrogen (secondary N) is 2. The Bertz CT molecular complexity index is 729. The highest BCUT2D eigenvalue weighted by Crippen LogP contribution is 2.20. The fourth-order valence-corrected chi connectivity index (χ4v) is 2.44. The maximum atomic E-state index is 5.96. The molecule has 0 aliphatic rings. The monoisotopic (exact) mass is 364 g/mol. The Morgan fingerprint density at radius 1 is 1.35 bits per heavy atom. The van der Waals surface area contributed by atoms with Gasteiger partial charge in [-0.05, 0) is 49.7 Å². The Kier molecular flexibility index (Phi) is 6.38. The van der Waals surface area contributed by atoms with Gasteiger partial charge in [0, 0.05) is 22.5 Å². The Balaban J connectivity index is 2.11. The third-order valence-electron chi connectivity index (χ3n) is 3.15. The second-order valence-electron chi connectivity index (χ2n) is 4.86. The molecule has 120 valence electrons. The van der Waals surface area contributed by atoms with E-state index in [-0.39, 0.29) is 0 Å². The molecule has 1 heterocycles. The fraction of sp³-hybridized carbons (Fsp3) is 0.188. The van der Waals surface area contributed by atoms with E-state index in [1.54, 1.807) is 6.20 Å². The molecule has 0 radical (unpaired) electrons. The minimum atomic E-state index is 0.476. The molecule has 0 aliphatic heterocycles. The number of hydrazone groups is 1. The van der Waals surface area contributed by atoms with E-state index in [1.165, 1.54) is 0 Å². The van der Waals surface area contributed by atoms with Crippen molar-refractivity contribution >= 4 is 52.8 Å². The summed E-state index contributed by atoms with van der Waals surface area (Å²) in [6.45, 7) is 3.86. The molecule has 0 saturated carbocycles. The Morgan fingerprint density at radius 2 is 2.13 bits per heavy atom. The summed E-state index contributed by atoms with van der Waals surface area (Å²) >= 11 is 15.4. The molecule has 0 aliphatic carbocycles. The lowest BCUT2D eigenvalue weighted by molar-refractivity contribution is 0.873. The van der Waals surface area contributed by atoms with E-state index in [9.17, 15) is 0 Å². The van der Waals surface area contributed by atoms with Gasteiger partial charge < -0.3 is 10.7 Å². The van der Waals surface area contributed by atoms with Gasteiger partial charge in [-0.1, -0.05) is 23.8 Å². The summed E-state index contributed by atoms with van der Waals surface area (Å²) in [5.74, 6) is 0.476. The number of anilines is 1. The van der Waals surface area contributed by atoms with Crippen molar-refractivity contribution in [1.29, 1.82) is 0 Å². The van der Waals surface area contributed by atoms with E-state index in [2.05, 4.69) is 33.5 Å². The molecule has 2 aromatic rings. The molecule has 0 saturated heterocycles. The van der Waals surface area contributed by atoms with Gasteiger partial charge in [-0.2, -0.15) is 17.7 Å². The van der Waals surface area contributed by atoms with Gasteiger partial charge in [0.05, 0.1) is 17.3 Å². The van der Waals surface area contributed by atoms with Gasteiger partial charge in [-0.25, -0.2) is 0 Å². The number of aromatic nitrogens is 1. The molecule has 2 rings (SSSR count). The average molecular weight is 365 g/mol. The van der Waals surface area contributed by atoms with Crippen molar-refractivity contribution in [3.8, 4) is 0 Å².